The van der Waals surface area contributed by atoms with Gasteiger partial charge in [0.1, 0.15) is 12.4 Å². The minimum Gasteiger partial charge on any atom is -0.368 e. The van der Waals surface area contributed by atoms with Gasteiger partial charge in [-0.3, -0.25) is 9.63 Å². The summed E-state index contributed by atoms with van der Waals surface area (Å²) in [6.07, 6.45) is 0. The molecule has 0 bridgehead atoms. The zero-order chi connectivity index (χ0) is 12.1. The van der Waals surface area contributed by atoms with Crippen LogP contribution in [0.25, 0.3) is 0 Å². The first-order valence-corrected chi connectivity index (χ1v) is 5.40. The average molecular weight is 291 g/mol. The normalized spacial score (nSPS) is 12.4. The Labute approximate surface area is 101 Å². The van der Waals surface area contributed by atoms with Gasteiger partial charge in [0.2, 0.25) is 5.91 Å². The molecule has 1 unspecified atom stereocenters. The first kappa shape index (κ1) is 13.1. The first-order valence-electron chi connectivity index (χ1n) is 4.61. The molecule has 16 heavy (non-hydrogen) atoms. The van der Waals surface area contributed by atoms with Crippen molar-refractivity contribution < 1.29 is 14.0 Å². The van der Waals surface area contributed by atoms with Gasteiger partial charge in [0.25, 0.3) is 0 Å². The summed E-state index contributed by atoms with van der Waals surface area (Å²) in [4.78, 5) is 15.2. The van der Waals surface area contributed by atoms with Gasteiger partial charge in [-0.15, -0.1) is 0 Å². The highest BCUT2D eigenvalue weighted by Gasteiger charge is 2.11. The lowest BCUT2D eigenvalue weighted by Gasteiger charge is -2.14. The molecular weight excluding hydrogens is 279 g/mol. The fourth-order valence-corrected chi connectivity index (χ4v) is 1.53. The second-order valence-electron chi connectivity index (χ2n) is 3.26. The number of carbonyl (C=O) groups excluding carboxylic acids is 1. The average Bonchev–Trinajstić information content (AvgIpc) is 2.21. The van der Waals surface area contributed by atoms with Crippen molar-refractivity contribution in [2.24, 2.45) is 5.73 Å². The topological polar surface area (TPSA) is 64.3 Å². The maximum atomic E-state index is 13.4. The molecule has 3 N–H and O–H groups in total. The lowest BCUT2D eigenvalue weighted by molar-refractivity contribution is -0.126. The highest BCUT2D eigenvalue weighted by molar-refractivity contribution is 9.10. The second-order valence-corrected chi connectivity index (χ2v) is 4.18. The molecule has 1 atom stereocenters. The molecule has 1 aromatic rings. The third kappa shape index (κ3) is 3.88. The predicted molar refractivity (Wildman–Crippen MR) is 60.8 cm³/mol. The van der Waals surface area contributed by atoms with Crippen molar-refractivity contribution in [1.29, 1.82) is 0 Å². The van der Waals surface area contributed by atoms with Crippen LogP contribution in [0.4, 0.5) is 4.39 Å². The number of rotatable bonds is 5. The quantitative estimate of drug-likeness (QED) is 0.811. The van der Waals surface area contributed by atoms with Crippen molar-refractivity contribution in [1.82, 2.24) is 5.48 Å². The van der Waals surface area contributed by atoms with E-state index >= 15 is 0 Å². The van der Waals surface area contributed by atoms with Crippen LogP contribution in [-0.2, 0) is 9.63 Å². The minimum atomic E-state index is -0.589. The van der Waals surface area contributed by atoms with Crippen LogP contribution in [0.2, 0.25) is 0 Å². The summed E-state index contributed by atoms with van der Waals surface area (Å²) >= 11 is 3.25. The summed E-state index contributed by atoms with van der Waals surface area (Å²) in [5.74, 6) is -0.930. The molecular formula is C10H12BrFN2O2. The van der Waals surface area contributed by atoms with Gasteiger partial charge in [0, 0.05) is 10.0 Å². The van der Waals surface area contributed by atoms with Crippen LogP contribution in [-0.4, -0.2) is 12.5 Å². The smallest absolute Gasteiger partial charge is 0.245 e. The van der Waals surface area contributed by atoms with Gasteiger partial charge in [-0.2, -0.15) is 5.48 Å². The Morgan fingerprint density at radius 2 is 2.38 bits per heavy atom. The summed E-state index contributed by atoms with van der Waals surface area (Å²) in [5, 5.41) is 0. The maximum Gasteiger partial charge on any atom is 0.245 e. The molecule has 0 spiro atoms. The number of halogens is 2. The van der Waals surface area contributed by atoms with E-state index in [9.17, 15) is 9.18 Å². The Kier molecular flexibility index (Phi) is 4.85. The van der Waals surface area contributed by atoms with Crippen molar-refractivity contribution >= 4 is 21.8 Å². The van der Waals surface area contributed by atoms with E-state index in [1.54, 1.807) is 19.1 Å². The molecule has 1 aromatic carbocycles. The van der Waals surface area contributed by atoms with Crippen LogP contribution in [0.15, 0.2) is 22.7 Å². The lowest BCUT2D eigenvalue weighted by Crippen LogP contribution is -2.27. The van der Waals surface area contributed by atoms with E-state index in [4.69, 9.17) is 10.6 Å². The molecule has 0 radical (unpaired) electrons. The number of hydroxylamine groups is 1. The number of amides is 1. The zero-order valence-electron chi connectivity index (χ0n) is 8.67. The monoisotopic (exact) mass is 290 g/mol. The molecule has 0 aliphatic heterocycles. The van der Waals surface area contributed by atoms with Crippen LogP contribution in [0, 0.1) is 5.82 Å². The second kappa shape index (κ2) is 5.93. The summed E-state index contributed by atoms with van der Waals surface area (Å²) in [6, 6.07) is 4.22. The molecule has 4 nitrogen and oxygen atoms in total. The number of hydrogen-bond acceptors (Lipinski definition) is 3. The summed E-state index contributed by atoms with van der Waals surface area (Å²) < 4.78 is 14.2. The van der Waals surface area contributed by atoms with Gasteiger partial charge in [-0.25, -0.2) is 4.39 Å². The molecule has 88 valence electrons. The Morgan fingerprint density at radius 1 is 1.69 bits per heavy atom. The maximum absolute atomic E-state index is 13.4. The number of hydrogen-bond donors (Lipinski definition) is 2. The molecule has 0 aliphatic rings. The van der Waals surface area contributed by atoms with Crippen molar-refractivity contribution in [2.75, 3.05) is 6.61 Å². The largest absolute Gasteiger partial charge is 0.368 e. The van der Waals surface area contributed by atoms with Crippen molar-refractivity contribution in [2.45, 2.75) is 13.0 Å². The Morgan fingerprint density at radius 3 is 3.00 bits per heavy atom. The molecule has 1 amide bonds. The van der Waals surface area contributed by atoms with Gasteiger partial charge >= 0.3 is 0 Å². The van der Waals surface area contributed by atoms with E-state index in [0.29, 0.717) is 5.56 Å². The van der Waals surface area contributed by atoms with E-state index in [1.165, 1.54) is 6.07 Å². The predicted octanol–water partition coefficient (Wildman–Crippen LogP) is 1.66. The molecule has 0 aromatic heterocycles. The zero-order valence-corrected chi connectivity index (χ0v) is 10.3. The van der Waals surface area contributed by atoms with Crippen LogP contribution >= 0.6 is 15.9 Å². The molecule has 0 saturated heterocycles. The van der Waals surface area contributed by atoms with Crippen LogP contribution < -0.4 is 11.2 Å². The highest BCUT2D eigenvalue weighted by Crippen LogP contribution is 2.21. The Balaban J connectivity index is 2.61. The van der Waals surface area contributed by atoms with E-state index in [0.717, 1.165) is 4.47 Å². The summed E-state index contributed by atoms with van der Waals surface area (Å²) in [5.41, 5.74) is 7.87. The number of nitrogens with one attached hydrogen (secondary N) is 1. The molecule has 0 saturated carbocycles. The van der Waals surface area contributed by atoms with Crippen molar-refractivity contribution in [3.8, 4) is 0 Å². The number of nitrogens with two attached hydrogens (primary N) is 1. The molecule has 0 fully saturated rings. The Bertz CT molecular complexity index is 387. The van der Waals surface area contributed by atoms with Gasteiger partial charge in [-0.1, -0.05) is 15.9 Å². The number of carbonyl (C=O) groups is 1. The molecule has 1 rings (SSSR count). The highest BCUT2D eigenvalue weighted by atomic mass is 79.9. The van der Waals surface area contributed by atoms with Crippen LogP contribution in [0.1, 0.15) is 18.5 Å². The van der Waals surface area contributed by atoms with E-state index in [2.05, 4.69) is 21.4 Å². The molecule has 0 heterocycles. The van der Waals surface area contributed by atoms with E-state index in [-0.39, 0.29) is 18.5 Å². The number of benzene rings is 1. The standard InChI is InChI=1S/C10H12BrFN2O2/c1-6(14-16-5-10(13)15)8-4-7(11)2-3-9(8)12/h2-4,6,14H,5H2,1H3,(H2,13,15). The van der Waals surface area contributed by atoms with Crippen LogP contribution in [0.3, 0.4) is 0 Å². The van der Waals surface area contributed by atoms with E-state index in [1.807, 2.05) is 0 Å². The van der Waals surface area contributed by atoms with Crippen molar-refractivity contribution in [3.63, 3.8) is 0 Å². The summed E-state index contributed by atoms with van der Waals surface area (Å²) in [7, 11) is 0. The first-order chi connectivity index (χ1) is 7.50. The van der Waals surface area contributed by atoms with E-state index < -0.39 is 5.91 Å². The molecule has 6 heteroatoms. The fourth-order valence-electron chi connectivity index (χ4n) is 1.15. The minimum absolute atomic E-state index is 0.250. The van der Waals surface area contributed by atoms with Crippen LogP contribution in [0.5, 0.6) is 0 Å². The third-order valence-electron chi connectivity index (χ3n) is 1.90. The van der Waals surface area contributed by atoms with Crippen molar-refractivity contribution in [3.05, 3.63) is 34.1 Å². The fraction of sp³-hybridized carbons (Fsp3) is 0.300. The SMILES string of the molecule is CC(NOCC(N)=O)c1cc(Br)ccc1F. The van der Waals surface area contributed by atoms with Gasteiger partial charge in [-0.05, 0) is 25.1 Å². The Hall–Kier alpha value is -0.980. The summed E-state index contributed by atoms with van der Waals surface area (Å²) in [6.45, 7) is 1.46. The lowest BCUT2D eigenvalue weighted by atomic mass is 10.1. The third-order valence-corrected chi connectivity index (χ3v) is 2.39. The molecule has 0 aliphatic carbocycles. The van der Waals surface area contributed by atoms with Gasteiger partial charge in [0.15, 0.2) is 0 Å². The number of primary amides is 1. The van der Waals surface area contributed by atoms with Gasteiger partial charge in [0.05, 0.1) is 6.04 Å². The van der Waals surface area contributed by atoms with Gasteiger partial charge < -0.3 is 5.73 Å².